The predicted molar refractivity (Wildman–Crippen MR) is 81.2 cm³/mol. The molecule has 0 fully saturated rings. The van der Waals surface area contributed by atoms with Gasteiger partial charge in [-0.2, -0.15) is 0 Å². The van der Waals surface area contributed by atoms with Crippen LogP contribution in [0.15, 0.2) is 0 Å². The van der Waals surface area contributed by atoms with Gasteiger partial charge in [0.15, 0.2) is 0 Å². The van der Waals surface area contributed by atoms with Gasteiger partial charge in [-0.15, -0.1) is 0 Å². The van der Waals surface area contributed by atoms with Crippen molar-refractivity contribution in [3.8, 4) is 0 Å². The molecule has 1 atom stereocenters. The number of carboxylic acid groups (broad SMARTS) is 1. The normalized spacial score (nSPS) is 13.3. The molecular weight excluding hydrogens is 278 g/mol. The molecule has 0 aliphatic rings. The lowest BCUT2D eigenvalue weighted by Gasteiger charge is -2.14. The van der Waals surface area contributed by atoms with Crippen molar-refractivity contribution in [3.63, 3.8) is 0 Å². The first-order valence-corrected chi connectivity index (χ1v) is 9.31. The zero-order valence-corrected chi connectivity index (χ0v) is 13.5. The fraction of sp³-hybridized carbons (Fsp3) is 0.929. The van der Waals surface area contributed by atoms with Crippen molar-refractivity contribution in [2.45, 2.75) is 77.7 Å². The van der Waals surface area contributed by atoms with Crippen LogP contribution in [0.1, 0.15) is 71.6 Å². The molecule has 0 saturated heterocycles. The van der Waals surface area contributed by atoms with Gasteiger partial charge in [0.05, 0.1) is 5.75 Å². The molecule has 0 heterocycles. The lowest BCUT2D eigenvalue weighted by Crippen LogP contribution is -2.41. The van der Waals surface area contributed by atoms with Crippen molar-refractivity contribution < 1.29 is 18.3 Å². The second-order valence-corrected chi connectivity index (χ2v) is 7.11. The first-order chi connectivity index (χ1) is 9.43. The van der Waals surface area contributed by atoms with Crippen LogP contribution in [0, 0.1) is 0 Å². The third kappa shape index (κ3) is 10.2. The first kappa shape index (κ1) is 19.4. The van der Waals surface area contributed by atoms with Crippen molar-refractivity contribution in [1.82, 2.24) is 4.72 Å². The number of hydrogen-bond acceptors (Lipinski definition) is 3. The summed E-state index contributed by atoms with van der Waals surface area (Å²) in [6.07, 6.45) is 8.03. The molecule has 0 aromatic heterocycles. The molecule has 0 spiro atoms. The van der Waals surface area contributed by atoms with Gasteiger partial charge in [-0.3, -0.25) is 4.79 Å². The molecule has 0 radical (unpaired) electrons. The van der Waals surface area contributed by atoms with Crippen molar-refractivity contribution in [1.29, 1.82) is 0 Å². The van der Waals surface area contributed by atoms with Crippen LogP contribution in [0.2, 0.25) is 0 Å². The molecule has 2 N–H and O–H groups in total. The van der Waals surface area contributed by atoms with E-state index in [9.17, 15) is 13.2 Å². The van der Waals surface area contributed by atoms with E-state index in [-0.39, 0.29) is 5.75 Å². The molecule has 0 amide bonds. The number of carbonyl (C=O) groups is 1. The van der Waals surface area contributed by atoms with E-state index in [1.54, 1.807) is 0 Å². The molecule has 5 nitrogen and oxygen atoms in total. The highest BCUT2D eigenvalue weighted by Gasteiger charge is 2.22. The number of hydrogen-bond donors (Lipinski definition) is 2. The number of nitrogens with one attached hydrogen (secondary N) is 1. The highest BCUT2D eigenvalue weighted by atomic mass is 32.2. The van der Waals surface area contributed by atoms with Crippen LogP contribution in [0.4, 0.5) is 0 Å². The molecule has 0 aromatic rings. The van der Waals surface area contributed by atoms with E-state index in [4.69, 9.17) is 5.11 Å². The summed E-state index contributed by atoms with van der Waals surface area (Å²) in [7, 11) is -3.47. The predicted octanol–water partition coefficient (Wildman–Crippen LogP) is 2.91. The molecule has 0 saturated carbocycles. The minimum atomic E-state index is -3.47. The number of sulfonamides is 1. The van der Waals surface area contributed by atoms with E-state index < -0.39 is 22.0 Å². The third-order valence-electron chi connectivity index (χ3n) is 3.23. The molecule has 1 unspecified atom stereocenters. The van der Waals surface area contributed by atoms with E-state index >= 15 is 0 Å². The van der Waals surface area contributed by atoms with Crippen LogP contribution in [0.3, 0.4) is 0 Å². The monoisotopic (exact) mass is 307 g/mol. The molecular formula is C14H29NO4S. The van der Waals surface area contributed by atoms with Gasteiger partial charge in [0, 0.05) is 0 Å². The summed E-state index contributed by atoms with van der Waals surface area (Å²) in [5.74, 6) is -1.08. The Morgan fingerprint density at radius 1 is 1.00 bits per heavy atom. The van der Waals surface area contributed by atoms with Crippen LogP contribution < -0.4 is 4.72 Å². The van der Waals surface area contributed by atoms with Crippen molar-refractivity contribution >= 4 is 16.0 Å². The zero-order valence-electron chi connectivity index (χ0n) is 12.7. The van der Waals surface area contributed by atoms with Gasteiger partial charge in [0.1, 0.15) is 6.04 Å². The standard InChI is InChI=1S/C14H29NO4S/c1-3-5-7-8-9-10-11-13(14(16)17)15-20(18,19)12-6-4-2/h13,15H,3-12H2,1-2H3,(H,16,17). The minimum Gasteiger partial charge on any atom is -0.480 e. The van der Waals surface area contributed by atoms with E-state index in [0.29, 0.717) is 12.8 Å². The number of unbranched alkanes of at least 4 members (excludes halogenated alkanes) is 6. The molecule has 0 rings (SSSR count). The van der Waals surface area contributed by atoms with Crippen LogP contribution in [-0.2, 0) is 14.8 Å². The largest absolute Gasteiger partial charge is 0.480 e. The van der Waals surface area contributed by atoms with Gasteiger partial charge in [-0.25, -0.2) is 13.1 Å². The topological polar surface area (TPSA) is 83.5 Å². The molecule has 0 aliphatic carbocycles. The maximum Gasteiger partial charge on any atom is 0.321 e. The van der Waals surface area contributed by atoms with Crippen LogP contribution >= 0.6 is 0 Å². The van der Waals surface area contributed by atoms with Gasteiger partial charge in [0.25, 0.3) is 0 Å². The summed E-state index contributed by atoms with van der Waals surface area (Å²) in [5.41, 5.74) is 0. The zero-order chi connectivity index (χ0) is 15.4. The smallest absolute Gasteiger partial charge is 0.321 e. The second-order valence-electron chi connectivity index (χ2n) is 5.24. The highest BCUT2D eigenvalue weighted by Crippen LogP contribution is 2.10. The van der Waals surface area contributed by atoms with Crippen molar-refractivity contribution in [3.05, 3.63) is 0 Å². The van der Waals surface area contributed by atoms with E-state index in [2.05, 4.69) is 11.6 Å². The van der Waals surface area contributed by atoms with Crippen LogP contribution in [-0.4, -0.2) is 31.3 Å². The Morgan fingerprint density at radius 2 is 1.55 bits per heavy atom. The number of carboxylic acids is 1. The van der Waals surface area contributed by atoms with Crippen LogP contribution in [0.25, 0.3) is 0 Å². The first-order valence-electron chi connectivity index (χ1n) is 7.65. The Hall–Kier alpha value is -0.620. The van der Waals surface area contributed by atoms with E-state index in [1.165, 1.54) is 12.8 Å². The van der Waals surface area contributed by atoms with E-state index in [1.807, 2.05) is 6.92 Å². The van der Waals surface area contributed by atoms with Gasteiger partial charge < -0.3 is 5.11 Å². The minimum absolute atomic E-state index is 0.00375. The van der Waals surface area contributed by atoms with Crippen molar-refractivity contribution in [2.75, 3.05) is 5.75 Å². The summed E-state index contributed by atoms with van der Waals surface area (Å²) >= 11 is 0. The Kier molecular flexibility index (Phi) is 10.7. The Morgan fingerprint density at radius 3 is 2.10 bits per heavy atom. The number of rotatable bonds is 13. The third-order valence-corrected chi connectivity index (χ3v) is 4.70. The Labute approximate surface area is 123 Å². The fourth-order valence-electron chi connectivity index (χ4n) is 1.97. The fourth-order valence-corrected chi connectivity index (χ4v) is 3.41. The highest BCUT2D eigenvalue weighted by molar-refractivity contribution is 7.89. The van der Waals surface area contributed by atoms with Gasteiger partial charge in [-0.1, -0.05) is 58.8 Å². The summed E-state index contributed by atoms with van der Waals surface area (Å²) in [6.45, 7) is 4.05. The summed E-state index contributed by atoms with van der Waals surface area (Å²) in [5, 5.41) is 9.08. The number of aliphatic carboxylic acids is 1. The summed E-state index contributed by atoms with van der Waals surface area (Å²) in [6, 6.07) is -0.983. The van der Waals surface area contributed by atoms with Crippen LogP contribution in [0.5, 0.6) is 0 Å². The van der Waals surface area contributed by atoms with E-state index in [0.717, 1.165) is 32.1 Å². The summed E-state index contributed by atoms with van der Waals surface area (Å²) in [4.78, 5) is 11.1. The Balaban J connectivity index is 4.08. The molecule has 20 heavy (non-hydrogen) atoms. The molecule has 0 aliphatic heterocycles. The average molecular weight is 307 g/mol. The quantitative estimate of drug-likeness (QED) is 0.512. The SMILES string of the molecule is CCCCCCCCC(NS(=O)(=O)CCCC)C(=O)O. The lowest BCUT2D eigenvalue weighted by molar-refractivity contribution is -0.139. The lowest BCUT2D eigenvalue weighted by atomic mass is 10.1. The van der Waals surface area contributed by atoms with Gasteiger partial charge in [-0.05, 0) is 12.8 Å². The maximum absolute atomic E-state index is 11.7. The van der Waals surface area contributed by atoms with Crippen molar-refractivity contribution in [2.24, 2.45) is 0 Å². The summed E-state index contributed by atoms with van der Waals surface area (Å²) < 4.78 is 25.7. The Bertz CT molecular complexity index is 354. The van der Waals surface area contributed by atoms with Gasteiger partial charge >= 0.3 is 5.97 Å². The molecule has 6 heteroatoms. The average Bonchev–Trinajstić information content (AvgIpc) is 2.38. The molecule has 120 valence electrons. The van der Waals surface area contributed by atoms with Gasteiger partial charge in [0.2, 0.25) is 10.0 Å². The molecule has 0 aromatic carbocycles. The molecule has 0 bridgehead atoms. The maximum atomic E-state index is 11.7. The second kappa shape index (κ2) is 11.1.